The van der Waals surface area contributed by atoms with Crippen molar-refractivity contribution in [2.75, 3.05) is 8.98 Å². The van der Waals surface area contributed by atoms with E-state index in [9.17, 15) is 0 Å². The topological polar surface area (TPSA) is 3.24 Å². The summed E-state index contributed by atoms with van der Waals surface area (Å²) < 4.78 is 3.18. The first-order chi connectivity index (χ1) is 11.9. The van der Waals surface area contributed by atoms with E-state index in [1.54, 1.807) is 79.6 Å². The van der Waals surface area contributed by atoms with Gasteiger partial charge in [0.05, 0.1) is 0 Å². The van der Waals surface area contributed by atoms with Crippen molar-refractivity contribution in [3.8, 4) is 0 Å². The van der Waals surface area contributed by atoms with Crippen LogP contribution in [0.4, 0.5) is 0 Å². The maximum absolute atomic E-state index is 3.07. The Morgan fingerprint density at radius 2 is 1.42 bits per heavy atom. The molecule has 24 heavy (non-hydrogen) atoms. The molecule has 0 N–H and O–H groups in total. The molecule has 8 unspecified atom stereocenters. The van der Waals surface area contributed by atoms with E-state index in [0.717, 1.165) is 53.5 Å². The van der Waals surface area contributed by atoms with Crippen LogP contribution in [0, 0.1) is 41.4 Å². The van der Waals surface area contributed by atoms with Gasteiger partial charge in [-0.3, -0.25) is 0 Å². The van der Waals surface area contributed by atoms with Gasteiger partial charge in [0.1, 0.15) is 0 Å². The maximum atomic E-state index is 3.07. The molecule has 6 aliphatic rings. The Bertz CT molecular complexity index is 490. The zero-order chi connectivity index (χ0) is 15.7. The van der Waals surface area contributed by atoms with E-state index >= 15 is 0 Å². The van der Waals surface area contributed by atoms with Crippen LogP contribution in [0.25, 0.3) is 0 Å². The molecule has 0 spiro atoms. The third-order valence-electron chi connectivity index (χ3n) is 9.67. The first kappa shape index (κ1) is 15.7. The van der Waals surface area contributed by atoms with E-state index in [0.29, 0.717) is 21.2 Å². The van der Waals surface area contributed by atoms with Gasteiger partial charge < -0.3 is 0 Å². The van der Waals surface area contributed by atoms with Crippen LogP contribution in [0.2, 0.25) is 0 Å². The zero-order valence-corrected chi connectivity index (χ0v) is 17.4. The molecule has 9 atom stereocenters. The summed E-state index contributed by atoms with van der Waals surface area (Å²) in [7, 11) is 0. The van der Waals surface area contributed by atoms with Crippen molar-refractivity contribution in [3.63, 3.8) is 0 Å². The minimum atomic E-state index is 0.532. The van der Waals surface area contributed by atoms with E-state index < -0.39 is 0 Å². The van der Waals surface area contributed by atoms with Gasteiger partial charge in [-0.1, -0.05) is 0 Å². The molecule has 2 aliphatic heterocycles. The van der Waals surface area contributed by atoms with Gasteiger partial charge in [-0.2, -0.15) is 0 Å². The van der Waals surface area contributed by atoms with E-state index in [2.05, 4.69) is 4.90 Å². The SMILES string of the molecule is C1CCC2C(C1)CCC1C2CCC2C1CC1C2C[C@H]2CC[I-]CN12. The summed E-state index contributed by atoms with van der Waals surface area (Å²) in [5.74, 6) is 8.07. The third kappa shape index (κ3) is 2.26. The number of rotatable bonds is 0. The second-order valence-electron chi connectivity index (χ2n) is 10.2. The predicted molar refractivity (Wildman–Crippen MR) is 94.4 cm³/mol. The Labute approximate surface area is 159 Å². The van der Waals surface area contributed by atoms with Crippen molar-refractivity contribution >= 4 is 0 Å². The number of halogens is 1. The van der Waals surface area contributed by atoms with Crippen LogP contribution in [0.5, 0.6) is 0 Å². The van der Waals surface area contributed by atoms with E-state index in [4.69, 9.17) is 0 Å². The Hall–Kier alpha value is 0.690. The molecule has 0 aromatic heterocycles. The molecule has 2 saturated heterocycles. The van der Waals surface area contributed by atoms with Gasteiger partial charge in [-0.15, -0.1) is 0 Å². The van der Waals surface area contributed by atoms with E-state index in [-0.39, 0.29) is 0 Å². The predicted octanol–water partition coefficient (Wildman–Crippen LogP) is 1.76. The van der Waals surface area contributed by atoms with Gasteiger partial charge in [0.2, 0.25) is 0 Å². The van der Waals surface area contributed by atoms with Crippen LogP contribution in [-0.4, -0.2) is 26.0 Å². The van der Waals surface area contributed by atoms with E-state index in [1.165, 1.54) is 0 Å². The Morgan fingerprint density at radius 3 is 2.38 bits per heavy atom. The minimum absolute atomic E-state index is 0.532. The van der Waals surface area contributed by atoms with Crippen molar-refractivity contribution < 1.29 is 21.2 Å². The first-order valence-corrected chi connectivity index (χ1v) is 14.2. The summed E-state index contributed by atoms with van der Waals surface area (Å²) in [4.78, 5) is 3.07. The third-order valence-corrected chi connectivity index (χ3v) is 12.3. The molecular weight excluding hydrogens is 405 g/mol. The number of hydrogen-bond acceptors (Lipinski definition) is 1. The molecule has 4 saturated carbocycles. The normalized spacial score (nSPS) is 57.1. The number of hydrogen-bond donors (Lipinski definition) is 0. The summed E-state index contributed by atoms with van der Waals surface area (Å²) in [6, 6.07) is 2.08. The van der Waals surface area contributed by atoms with Crippen LogP contribution < -0.4 is 21.2 Å². The van der Waals surface area contributed by atoms with Crippen LogP contribution in [0.1, 0.15) is 70.6 Å². The monoisotopic (exact) mass is 440 g/mol. The summed E-state index contributed by atoms with van der Waals surface area (Å²) in [6.07, 6.45) is 17.6. The fraction of sp³-hybridized carbons (Fsp3) is 1.00. The van der Waals surface area contributed by atoms with Crippen molar-refractivity contribution in [3.05, 3.63) is 0 Å². The second kappa shape index (κ2) is 6.11. The molecular formula is C22H35IN-. The van der Waals surface area contributed by atoms with Gasteiger partial charge >= 0.3 is 159 Å². The van der Waals surface area contributed by atoms with Gasteiger partial charge in [-0.05, 0) is 0 Å². The fourth-order valence-corrected chi connectivity index (χ4v) is 12.0. The summed E-state index contributed by atoms with van der Waals surface area (Å²) in [5, 5.41) is 0. The van der Waals surface area contributed by atoms with Crippen LogP contribution in [0.15, 0.2) is 0 Å². The molecule has 0 radical (unpaired) electrons. The molecule has 0 aromatic carbocycles. The molecule has 1 nitrogen and oxygen atoms in total. The first-order valence-electron chi connectivity index (χ1n) is 11.2. The summed E-state index contributed by atoms with van der Waals surface area (Å²) in [5.41, 5.74) is 0. The average molecular weight is 440 g/mol. The molecule has 0 amide bonds. The standard InChI is InChI=1S/C22H35IN/c1-2-4-16-14(3-1)5-6-18-17(16)7-8-19-20(18)12-22-21(19)11-15-9-10-23-13-24(15)22/h14-22H,1-13H2/q-1/t14?,15-,16?,17?,18?,19?,20?,21?,22?/m1/s1. The van der Waals surface area contributed by atoms with Crippen molar-refractivity contribution in [2.45, 2.75) is 82.7 Å². The summed E-state index contributed by atoms with van der Waals surface area (Å²) >= 11 is 0.532. The van der Waals surface area contributed by atoms with E-state index in [1.807, 2.05) is 0 Å². The van der Waals surface area contributed by atoms with Crippen LogP contribution in [-0.2, 0) is 0 Å². The Morgan fingerprint density at radius 1 is 0.625 bits per heavy atom. The van der Waals surface area contributed by atoms with Crippen LogP contribution in [0.3, 0.4) is 0 Å². The number of alkyl halides is 2. The molecule has 2 heterocycles. The molecule has 0 bridgehead atoms. The van der Waals surface area contributed by atoms with Gasteiger partial charge in [0.25, 0.3) is 0 Å². The summed E-state index contributed by atoms with van der Waals surface area (Å²) in [6.45, 7) is 0. The number of nitrogens with zero attached hydrogens (tertiary/aromatic N) is 1. The molecule has 6 fully saturated rings. The molecule has 2 heteroatoms. The van der Waals surface area contributed by atoms with Crippen molar-refractivity contribution in [1.29, 1.82) is 0 Å². The second-order valence-corrected chi connectivity index (χ2v) is 13.0. The Balaban J connectivity index is 1.24. The average Bonchev–Trinajstić information content (AvgIpc) is 3.17. The number of fused-ring (bicyclic) bond motifs is 9. The van der Waals surface area contributed by atoms with Gasteiger partial charge in [0.15, 0.2) is 0 Å². The molecule has 0 aromatic rings. The molecule has 136 valence electrons. The van der Waals surface area contributed by atoms with Gasteiger partial charge in [0, 0.05) is 0 Å². The Kier molecular flexibility index (Phi) is 4.00. The quantitative estimate of drug-likeness (QED) is 0.315. The van der Waals surface area contributed by atoms with Gasteiger partial charge in [-0.25, -0.2) is 0 Å². The van der Waals surface area contributed by atoms with Crippen molar-refractivity contribution in [1.82, 2.24) is 4.90 Å². The van der Waals surface area contributed by atoms with Crippen molar-refractivity contribution in [2.24, 2.45) is 41.4 Å². The molecule has 6 rings (SSSR count). The zero-order valence-electron chi connectivity index (χ0n) is 15.2. The van der Waals surface area contributed by atoms with Crippen LogP contribution >= 0.6 is 0 Å². The molecule has 4 aliphatic carbocycles. The fourth-order valence-electron chi connectivity index (χ4n) is 8.86.